The molecule has 0 aromatic carbocycles. The summed E-state index contributed by atoms with van der Waals surface area (Å²) < 4.78 is 60.0. The number of hydrogen-bond acceptors (Lipinski definition) is 1. The van der Waals surface area contributed by atoms with Crippen LogP contribution in [-0.4, -0.2) is 4.98 Å². The predicted molar refractivity (Wildman–Crippen MR) is 28.9 cm³/mol. The lowest BCUT2D eigenvalue weighted by atomic mass is 10.3. The van der Waals surface area contributed by atoms with Gasteiger partial charge in [-0.15, -0.1) is 0 Å². The Labute approximate surface area is 58.4 Å². The summed E-state index contributed by atoms with van der Waals surface area (Å²) in [5, 5.41) is 0. The maximum absolute atomic E-state index is 12.7. The summed E-state index contributed by atoms with van der Waals surface area (Å²) in [5.74, 6) is -3.05. The minimum absolute atomic E-state index is 0.956. The van der Waals surface area contributed by atoms with Crippen molar-refractivity contribution in [2.24, 2.45) is 0 Å². The van der Waals surface area contributed by atoms with Crippen molar-refractivity contribution in [3.05, 3.63) is 29.5 Å². The molecule has 0 saturated carbocycles. The molecular weight excluding hydrogens is 124 g/mol. The molecule has 1 aromatic rings. The molecule has 0 fully saturated rings. The Hall–Kier alpha value is -0.990. The number of nitrogens with zero attached hydrogens (tertiary/aromatic N) is 1. The number of aromatic nitrogens is 1. The molecule has 0 aliphatic rings. The smallest absolute Gasteiger partial charge is 0.191 e. The maximum atomic E-state index is 12.7. The first-order valence-electron chi connectivity index (χ1n) is 4.58. The fraction of sp³-hybridized carbons (Fsp3) is 0.167. The number of halogens is 2. The topological polar surface area (TPSA) is 12.9 Å². The highest BCUT2D eigenvalue weighted by atomic mass is 19.1. The standard InChI is InChI=1S/C6H5F2N/c1-4-2-5(7)9-6(8)3-4/h2-3H,1H3/i1D3,2D,3D. The SMILES string of the molecule is [2H]c1c(F)nc(F)c([2H])c1C([2H])([2H])[2H]. The van der Waals surface area contributed by atoms with Crippen LogP contribution in [-0.2, 0) is 0 Å². The van der Waals surface area contributed by atoms with E-state index in [2.05, 4.69) is 4.98 Å². The van der Waals surface area contributed by atoms with Crippen molar-refractivity contribution in [3.63, 3.8) is 0 Å². The molecule has 0 aliphatic heterocycles. The Bertz CT molecular complexity index is 349. The molecule has 0 amide bonds. The second kappa shape index (κ2) is 2.09. The van der Waals surface area contributed by atoms with E-state index in [0.717, 1.165) is 0 Å². The van der Waals surface area contributed by atoms with Crippen LogP contribution in [0.25, 0.3) is 0 Å². The molecule has 3 heteroatoms. The van der Waals surface area contributed by atoms with Crippen LogP contribution in [0, 0.1) is 18.7 Å². The molecule has 0 atom stereocenters. The van der Waals surface area contributed by atoms with Gasteiger partial charge in [-0.25, -0.2) is 0 Å². The van der Waals surface area contributed by atoms with Gasteiger partial charge in [0.1, 0.15) is 0 Å². The minimum atomic E-state index is -2.89. The van der Waals surface area contributed by atoms with Crippen molar-refractivity contribution < 1.29 is 15.6 Å². The highest BCUT2D eigenvalue weighted by Gasteiger charge is 1.95. The molecule has 0 saturated heterocycles. The molecule has 0 bridgehead atoms. The second-order valence-electron chi connectivity index (χ2n) is 1.32. The van der Waals surface area contributed by atoms with E-state index >= 15 is 0 Å². The van der Waals surface area contributed by atoms with E-state index in [4.69, 9.17) is 6.85 Å². The Balaban J connectivity index is 3.56. The Morgan fingerprint density at radius 2 is 2.11 bits per heavy atom. The first-order chi connectivity index (χ1) is 6.25. The Morgan fingerprint density at radius 3 is 2.56 bits per heavy atom. The van der Waals surface area contributed by atoms with E-state index in [1.807, 2.05) is 0 Å². The lowest BCUT2D eigenvalue weighted by Gasteiger charge is -1.90. The van der Waals surface area contributed by atoms with Gasteiger partial charge in [-0.3, -0.25) is 0 Å². The van der Waals surface area contributed by atoms with Gasteiger partial charge in [-0.1, -0.05) is 0 Å². The maximum Gasteiger partial charge on any atom is 0.215 e. The van der Waals surface area contributed by atoms with Crippen LogP contribution in [0.1, 0.15) is 12.4 Å². The molecule has 0 N–H and O–H groups in total. The highest BCUT2D eigenvalue weighted by molar-refractivity contribution is 5.08. The zero-order chi connectivity index (χ0) is 11.1. The average Bonchev–Trinajstić information content (AvgIpc) is 1.98. The van der Waals surface area contributed by atoms with Gasteiger partial charge >= 0.3 is 0 Å². The fourth-order valence-electron chi connectivity index (χ4n) is 0.380. The van der Waals surface area contributed by atoms with Gasteiger partial charge in [0, 0.05) is 4.11 Å². The molecular formula is C6H5F2N. The van der Waals surface area contributed by atoms with Crippen LogP contribution >= 0.6 is 0 Å². The molecule has 1 rings (SSSR count). The van der Waals surface area contributed by atoms with Crippen molar-refractivity contribution in [2.45, 2.75) is 6.85 Å². The van der Waals surface area contributed by atoms with Gasteiger partial charge in [0.2, 0.25) is 11.9 Å². The summed E-state index contributed by atoms with van der Waals surface area (Å²) in [6.45, 7) is -2.89. The summed E-state index contributed by atoms with van der Waals surface area (Å²) in [7, 11) is 0. The van der Waals surface area contributed by atoms with Crippen LogP contribution in [0.4, 0.5) is 8.78 Å². The molecule has 0 unspecified atom stereocenters. The highest BCUT2D eigenvalue weighted by Crippen LogP contribution is 2.00. The molecule has 1 aromatic heterocycles. The molecule has 48 valence electrons. The van der Waals surface area contributed by atoms with Crippen molar-refractivity contribution in [2.75, 3.05) is 0 Å². The van der Waals surface area contributed by atoms with E-state index < -0.39 is 36.4 Å². The molecule has 1 heterocycles. The van der Waals surface area contributed by atoms with Crippen molar-refractivity contribution >= 4 is 0 Å². The van der Waals surface area contributed by atoms with Crippen LogP contribution in [0.2, 0.25) is 0 Å². The Kier molecular flexibility index (Phi) is 0.540. The molecule has 0 aliphatic carbocycles. The summed E-state index contributed by atoms with van der Waals surface area (Å²) in [5.41, 5.74) is -0.956. The zero-order valence-electron chi connectivity index (χ0n) is 9.20. The van der Waals surface area contributed by atoms with Gasteiger partial charge in [-0.05, 0) is 24.5 Å². The lowest BCUT2D eigenvalue weighted by molar-refractivity contribution is 0.511. The van der Waals surface area contributed by atoms with Crippen molar-refractivity contribution in [3.8, 4) is 0 Å². The Morgan fingerprint density at radius 1 is 1.56 bits per heavy atom. The molecule has 0 spiro atoms. The largest absolute Gasteiger partial charge is 0.215 e. The van der Waals surface area contributed by atoms with Gasteiger partial charge < -0.3 is 0 Å². The van der Waals surface area contributed by atoms with Gasteiger partial charge in [0.15, 0.2) is 0 Å². The third kappa shape index (κ3) is 1.45. The van der Waals surface area contributed by atoms with E-state index in [9.17, 15) is 8.78 Å². The predicted octanol–water partition coefficient (Wildman–Crippen LogP) is 1.67. The summed E-state index contributed by atoms with van der Waals surface area (Å²) >= 11 is 0. The quantitative estimate of drug-likeness (QED) is 0.492. The van der Waals surface area contributed by atoms with E-state index in [1.54, 1.807) is 0 Å². The fourth-order valence-corrected chi connectivity index (χ4v) is 0.380. The minimum Gasteiger partial charge on any atom is -0.191 e. The van der Waals surface area contributed by atoms with Crippen LogP contribution < -0.4 is 0 Å². The third-order valence-corrected chi connectivity index (χ3v) is 0.653. The monoisotopic (exact) mass is 134 g/mol. The lowest BCUT2D eigenvalue weighted by Crippen LogP contribution is -1.87. The second-order valence-corrected chi connectivity index (χ2v) is 1.32. The van der Waals surface area contributed by atoms with Crippen molar-refractivity contribution in [1.82, 2.24) is 4.98 Å². The van der Waals surface area contributed by atoms with Crippen LogP contribution in [0.3, 0.4) is 0 Å². The average molecular weight is 134 g/mol. The molecule has 1 nitrogen and oxygen atoms in total. The number of rotatable bonds is 0. The first kappa shape index (κ1) is 2.33. The first-order valence-corrected chi connectivity index (χ1v) is 2.08. The summed E-state index contributed by atoms with van der Waals surface area (Å²) in [6.07, 6.45) is 0. The van der Waals surface area contributed by atoms with E-state index in [1.165, 1.54) is 0 Å². The third-order valence-electron chi connectivity index (χ3n) is 0.653. The summed E-state index contributed by atoms with van der Waals surface area (Å²) in [6, 6.07) is -2.12. The van der Waals surface area contributed by atoms with E-state index in [-0.39, 0.29) is 0 Å². The van der Waals surface area contributed by atoms with Gasteiger partial charge in [-0.2, -0.15) is 13.8 Å². The van der Waals surface area contributed by atoms with Crippen molar-refractivity contribution in [1.29, 1.82) is 0 Å². The summed E-state index contributed by atoms with van der Waals surface area (Å²) in [4.78, 5) is 2.59. The van der Waals surface area contributed by atoms with E-state index in [0.29, 0.717) is 0 Å². The number of pyridine rings is 1. The van der Waals surface area contributed by atoms with Gasteiger partial charge in [0.25, 0.3) is 0 Å². The van der Waals surface area contributed by atoms with Gasteiger partial charge in [0.05, 0.1) is 2.74 Å². The normalized spacial score (nSPS) is 19.1. The van der Waals surface area contributed by atoms with Crippen LogP contribution in [0.5, 0.6) is 0 Å². The zero-order valence-corrected chi connectivity index (χ0v) is 4.20. The molecule has 9 heavy (non-hydrogen) atoms. The number of hydrogen-bond donors (Lipinski definition) is 0. The molecule has 0 radical (unpaired) electrons. The van der Waals surface area contributed by atoms with Crippen LogP contribution in [0.15, 0.2) is 12.1 Å².